The Bertz CT molecular complexity index is 799. The lowest BCUT2D eigenvalue weighted by atomic mass is 10.1. The van der Waals surface area contributed by atoms with Crippen LogP contribution >= 0.6 is 0 Å². The normalized spacial score (nSPS) is 15.9. The first-order valence-corrected chi connectivity index (χ1v) is 6.89. The lowest BCUT2D eigenvalue weighted by molar-refractivity contribution is -0.117. The molecule has 1 heterocycles. The number of nitrogens with one attached hydrogen (secondary N) is 1. The summed E-state index contributed by atoms with van der Waals surface area (Å²) in [5.74, 6) is -0.660. The second-order valence-corrected chi connectivity index (χ2v) is 4.91. The van der Waals surface area contributed by atoms with E-state index in [0.717, 1.165) is 0 Å². The summed E-state index contributed by atoms with van der Waals surface area (Å²) >= 11 is 0. The largest absolute Gasteiger partial charge is 0.504 e. The molecule has 0 saturated carbocycles. The van der Waals surface area contributed by atoms with Gasteiger partial charge in [-0.3, -0.25) is 15.0 Å². The second kappa shape index (κ2) is 5.84. The molecule has 1 aliphatic rings. The molecule has 6 nitrogen and oxygen atoms in total. The number of carbonyl (C=O) groups is 2. The maximum Gasteiger partial charge on any atom is 0.282 e. The number of hydrogen-bond acceptors (Lipinski definition) is 4. The third-order valence-corrected chi connectivity index (χ3v) is 3.42. The van der Waals surface area contributed by atoms with Crippen molar-refractivity contribution in [1.82, 2.24) is 5.43 Å². The molecule has 1 aliphatic heterocycles. The Morgan fingerprint density at radius 3 is 2.57 bits per heavy atom. The zero-order valence-electron chi connectivity index (χ0n) is 12.3. The summed E-state index contributed by atoms with van der Waals surface area (Å²) < 4.78 is 5.02. The third-order valence-electron chi connectivity index (χ3n) is 3.42. The average molecular weight is 310 g/mol. The monoisotopic (exact) mass is 310 g/mol. The molecule has 116 valence electrons. The number of rotatable bonds is 3. The molecule has 0 aliphatic carbocycles. The van der Waals surface area contributed by atoms with Gasteiger partial charge in [-0.1, -0.05) is 24.3 Å². The van der Waals surface area contributed by atoms with Crippen LogP contribution in [0.2, 0.25) is 0 Å². The molecule has 0 aromatic heterocycles. The van der Waals surface area contributed by atoms with Crippen LogP contribution in [-0.2, 0) is 9.59 Å². The summed E-state index contributed by atoms with van der Waals surface area (Å²) in [5, 5.41) is 10.8. The van der Waals surface area contributed by atoms with E-state index < -0.39 is 11.8 Å². The Morgan fingerprint density at radius 2 is 1.87 bits per heavy atom. The fraction of sp³-hybridized carbons (Fsp3) is 0.0588. The van der Waals surface area contributed by atoms with Crippen LogP contribution in [0.25, 0.3) is 6.08 Å². The van der Waals surface area contributed by atoms with Crippen LogP contribution in [-0.4, -0.2) is 24.0 Å². The first kappa shape index (κ1) is 14.6. The molecule has 23 heavy (non-hydrogen) atoms. The highest BCUT2D eigenvalue weighted by molar-refractivity contribution is 6.31. The summed E-state index contributed by atoms with van der Waals surface area (Å²) in [5.41, 5.74) is 3.70. The number of benzene rings is 2. The topological polar surface area (TPSA) is 78.9 Å². The number of hydrogen-bond donors (Lipinski definition) is 2. The number of phenols is 1. The SMILES string of the molecule is COc1cc(/C=C2\C(=O)NN(c3ccccc3)C2=O)ccc1O. The zero-order valence-corrected chi connectivity index (χ0v) is 12.3. The number of anilines is 1. The van der Waals surface area contributed by atoms with Gasteiger partial charge in [-0.25, -0.2) is 5.01 Å². The summed E-state index contributed by atoms with van der Waals surface area (Å²) in [6, 6.07) is 13.4. The number of nitrogens with zero attached hydrogens (tertiary/aromatic N) is 1. The molecule has 2 amide bonds. The summed E-state index contributed by atoms with van der Waals surface area (Å²) in [6.45, 7) is 0. The summed E-state index contributed by atoms with van der Waals surface area (Å²) in [6.07, 6.45) is 1.46. The number of ether oxygens (including phenoxy) is 1. The van der Waals surface area contributed by atoms with E-state index in [0.29, 0.717) is 11.3 Å². The quantitative estimate of drug-likeness (QED) is 0.670. The van der Waals surface area contributed by atoms with E-state index >= 15 is 0 Å². The van der Waals surface area contributed by atoms with Gasteiger partial charge in [-0.2, -0.15) is 0 Å². The van der Waals surface area contributed by atoms with Crippen LogP contribution < -0.4 is 15.2 Å². The van der Waals surface area contributed by atoms with Crippen LogP contribution in [0, 0.1) is 0 Å². The van der Waals surface area contributed by atoms with E-state index in [1.54, 1.807) is 36.4 Å². The molecular formula is C17H14N2O4. The van der Waals surface area contributed by atoms with Crippen LogP contribution in [0.15, 0.2) is 54.1 Å². The van der Waals surface area contributed by atoms with Crippen molar-refractivity contribution >= 4 is 23.6 Å². The number of aromatic hydroxyl groups is 1. The fourth-order valence-corrected chi connectivity index (χ4v) is 2.27. The fourth-order valence-electron chi connectivity index (χ4n) is 2.27. The van der Waals surface area contributed by atoms with E-state index in [2.05, 4.69) is 5.43 Å². The van der Waals surface area contributed by atoms with Gasteiger partial charge >= 0.3 is 0 Å². The highest BCUT2D eigenvalue weighted by Gasteiger charge is 2.34. The van der Waals surface area contributed by atoms with Crippen molar-refractivity contribution in [3.05, 3.63) is 59.7 Å². The number of methoxy groups -OCH3 is 1. The van der Waals surface area contributed by atoms with Crippen molar-refractivity contribution in [2.75, 3.05) is 12.1 Å². The Morgan fingerprint density at radius 1 is 1.13 bits per heavy atom. The minimum atomic E-state index is -0.481. The summed E-state index contributed by atoms with van der Waals surface area (Å²) in [4.78, 5) is 24.5. The van der Waals surface area contributed by atoms with Gasteiger partial charge < -0.3 is 9.84 Å². The van der Waals surface area contributed by atoms with E-state index in [-0.39, 0.29) is 17.1 Å². The minimum absolute atomic E-state index is 0.0113. The second-order valence-electron chi connectivity index (χ2n) is 4.91. The molecule has 2 N–H and O–H groups in total. The van der Waals surface area contributed by atoms with E-state index in [1.807, 2.05) is 6.07 Å². The molecule has 0 unspecified atom stereocenters. The first-order valence-electron chi connectivity index (χ1n) is 6.89. The molecule has 0 atom stereocenters. The number of hydrazine groups is 1. The van der Waals surface area contributed by atoms with E-state index in [9.17, 15) is 14.7 Å². The van der Waals surface area contributed by atoms with Gasteiger partial charge in [0.25, 0.3) is 11.8 Å². The van der Waals surface area contributed by atoms with Crippen LogP contribution in [0.1, 0.15) is 5.56 Å². The Labute approximate surface area is 132 Å². The summed E-state index contributed by atoms with van der Waals surface area (Å²) in [7, 11) is 1.43. The van der Waals surface area contributed by atoms with E-state index in [4.69, 9.17) is 4.74 Å². The van der Waals surface area contributed by atoms with Crippen LogP contribution in [0.3, 0.4) is 0 Å². The smallest absolute Gasteiger partial charge is 0.282 e. The number of amides is 2. The predicted octanol–water partition coefficient (Wildman–Crippen LogP) is 1.86. The van der Waals surface area contributed by atoms with Gasteiger partial charge in [0, 0.05) is 0 Å². The predicted molar refractivity (Wildman–Crippen MR) is 84.7 cm³/mol. The maximum absolute atomic E-state index is 12.4. The number of carbonyl (C=O) groups excluding carboxylic acids is 2. The molecular weight excluding hydrogens is 296 g/mol. The zero-order chi connectivity index (χ0) is 16.4. The molecule has 0 bridgehead atoms. The molecule has 6 heteroatoms. The van der Waals surface area contributed by atoms with Crippen molar-refractivity contribution in [3.8, 4) is 11.5 Å². The highest BCUT2D eigenvalue weighted by Crippen LogP contribution is 2.28. The molecule has 1 saturated heterocycles. The lowest BCUT2D eigenvalue weighted by Crippen LogP contribution is -2.35. The van der Waals surface area contributed by atoms with Gasteiger partial charge in [0.1, 0.15) is 5.57 Å². The number of phenolic OH excluding ortho intramolecular Hbond substituents is 1. The standard InChI is InChI=1S/C17H14N2O4/c1-23-15-10-11(7-8-14(15)20)9-13-16(21)18-19(17(13)22)12-5-3-2-4-6-12/h2-10,20H,1H3,(H,18,21)/b13-9+. The van der Waals surface area contributed by atoms with Gasteiger partial charge in [-0.05, 0) is 35.9 Å². The van der Waals surface area contributed by atoms with Crippen molar-refractivity contribution < 1.29 is 19.4 Å². The highest BCUT2D eigenvalue weighted by atomic mass is 16.5. The van der Waals surface area contributed by atoms with Gasteiger partial charge in [-0.15, -0.1) is 0 Å². The first-order chi connectivity index (χ1) is 11.1. The van der Waals surface area contributed by atoms with Gasteiger partial charge in [0.2, 0.25) is 0 Å². The van der Waals surface area contributed by atoms with Gasteiger partial charge in [0.05, 0.1) is 12.8 Å². The van der Waals surface area contributed by atoms with Gasteiger partial charge in [0.15, 0.2) is 11.5 Å². The molecule has 0 spiro atoms. The molecule has 0 radical (unpaired) electrons. The number of para-hydroxylation sites is 1. The molecule has 2 aromatic carbocycles. The van der Waals surface area contributed by atoms with Crippen molar-refractivity contribution in [2.24, 2.45) is 0 Å². The molecule has 3 rings (SSSR count). The van der Waals surface area contributed by atoms with Crippen LogP contribution in [0.5, 0.6) is 11.5 Å². The Hall–Kier alpha value is -3.28. The van der Waals surface area contributed by atoms with E-state index in [1.165, 1.54) is 24.3 Å². The van der Waals surface area contributed by atoms with Crippen molar-refractivity contribution in [2.45, 2.75) is 0 Å². The minimum Gasteiger partial charge on any atom is -0.504 e. The third kappa shape index (κ3) is 2.74. The molecule has 1 fully saturated rings. The Balaban J connectivity index is 1.94. The lowest BCUT2D eigenvalue weighted by Gasteiger charge is -2.13. The van der Waals surface area contributed by atoms with Crippen molar-refractivity contribution in [3.63, 3.8) is 0 Å². The Kier molecular flexibility index (Phi) is 3.72. The maximum atomic E-state index is 12.4. The van der Waals surface area contributed by atoms with Crippen LogP contribution in [0.4, 0.5) is 5.69 Å². The molecule has 2 aromatic rings. The average Bonchev–Trinajstić information content (AvgIpc) is 2.85. The van der Waals surface area contributed by atoms with Crippen molar-refractivity contribution in [1.29, 1.82) is 0 Å².